The first kappa shape index (κ1) is 20.6. The number of carboxylic acids is 1. The summed E-state index contributed by atoms with van der Waals surface area (Å²) in [6, 6.07) is 11.9. The highest BCUT2D eigenvalue weighted by molar-refractivity contribution is 7.89. The Kier molecular flexibility index (Phi) is 6.70. The van der Waals surface area contributed by atoms with Crippen LogP contribution in [-0.4, -0.2) is 38.0 Å². The number of sulfonamides is 1. The molecule has 144 valence electrons. The van der Waals surface area contributed by atoms with Crippen LogP contribution in [0.1, 0.15) is 40.1 Å². The van der Waals surface area contributed by atoms with Crippen molar-refractivity contribution in [3.63, 3.8) is 0 Å². The second-order valence-electron chi connectivity index (χ2n) is 6.31. The summed E-state index contributed by atoms with van der Waals surface area (Å²) < 4.78 is 26.6. The number of nitrogens with one attached hydrogen (secondary N) is 2. The van der Waals surface area contributed by atoms with Crippen LogP contribution in [0.15, 0.2) is 53.4 Å². The average molecular weight is 390 g/mol. The molecule has 0 heterocycles. The van der Waals surface area contributed by atoms with Crippen molar-refractivity contribution < 1.29 is 23.1 Å². The first-order valence-corrected chi connectivity index (χ1v) is 9.90. The lowest BCUT2D eigenvalue weighted by atomic mass is 10.1. The smallest absolute Gasteiger partial charge is 0.335 e. The summed E-state index contributed by atoms with van der Waals surface area (Å²) in [6.45, 7) is 3.84. The van der Waals surface area contributed by atoms with Gasteiger partial charge in [0.05, 0.1) is 10.5 Å². The van der Waals surface area contributed by atoms with Crippen LogP contribution in [0.2, 0.25) is 0 Å². The van der Waals surface area contributed by atoms with Crippen LogP contribution in [0.4, 0.5) is 0 Å². The lowest BCUT2D eigenvalue weighted by Crippen LogP contribution is -2.30. The molecule has 0 unspecified atom stereocenters. The Bertz CT molecular complexity index is 904. The predicted octanol–water partition coefficient (Wildman–Crippen LogP) is 2.04. The lowest BCUT2D eigenvalue weighted by Gasteiger charge is -2.10. The highest BCUT2D eigenvalue weighted by Gasteiger charge is 2.16. The topological polar surface area (TPSA) is 113 Å². The van der Waals surface area contributed by atoms with E-state index >= 15 is 0 Å². The van der Waals surface area contributed by atoms with E-state index < -0.39 is 16.0 Å². The molecular weight excluding hydrogens is 368 g/mol. The Morgan fingerprint density at radius 2 is 1.52 bits per heavy atom. The first-order valence-electron chi connectivity index (χ1n) is 8.42. The molecule has 0 aliphatic carbocycles. The zero-order valence-corrected chi connectivity index (χ0v) is 15.9. The van der Waals surface area contributed by atoms with Gasteiger partial charge in [0.25, 0.3) is 5.91 Å². The van der Waals surface area contributed by atoms with E-state index in [4.69, 9.17) is 5.11 Å². The molecule has 0 aliphatic heterocycles. The third kappa shape index (κ3) is 5.90. The number of amides is 1. The van der Waals surface area contributed by atoms with Gasteiger partial charge in [0.1, 0.15) is 0 Å². The van der Waals surface area contributed by atoms with Gasteiger partial charge in [-0.15, -0.1) is 0 Å². The van der Waals surface area contributed by atoms with Crippen molar-refractivity contribution in [2.75, 3.05) is 6.54 Å². The summed E-state index contributed by atoms with van der Waals surface area (Å²) in [7, 11) is -3.59. The van der Waals surface area contributed by atoms with Crippen LogP contribution < -0.4 is 10.0 Å². The summed E-state index contributed by atoms with van der Waals surface area (Å²) in [5, 5.41) is 11.6. The molecule has 0 aliphatic rings. The molecule has 2 rings (SSSR count). The molecule has 0 saturated heterocycles. The Morgan fingerprint density at radius 3 is 2.04 bits per heavy atom. The number of carbonyl (C=O) groups is 2. The molecule has 0 spiro atoms. The fourth-order valence-electron chi connectivity index (χ4n) is 2.40. The molecule has 8 heteroatoms. The summed E-state index contributed by atoms with van der Waals surface area (Å²) in [6.07, 6.45) is 0.552. The monoisotopic (exact) mass is 390 g/mol. The summed E-state index contributed by atoms with van der Waals surface area (Å²) in [5.74, 6) is -1.29. The maximum atomic E-state index is 12.2. The van der Waals surface area contributed by atoms with Crippen molar-refractivity contribution in [2.24, 2.45) is 0 Å². The number of hydrogen-bond donors (Lipinski definition) is 3. The number of carbonyl (C=O) groups excluding carboxylic acids is 1. The molecule has 27 heavy (non-hydrogen) atoms. The zero-order chi connectivity index (χ0) is 20.0. The highest BCUT2D eigenvalue weighted by Crippen LogP contribution is 2.11. The first-order chi connectivity index (χ1) is 12.7. The van der Waals surface area contributed by atoms with Gasteiger partial charge in [0.15, 0.2) is 0 Å². The number of rotatable bonds is 8. The van der Waals surface area contributed by atoms with E-state index in [9.17, 15) is 18.0 Å². The summed E-state index contributed by atoms with van der Waals surface area (Å²) in [4.78, 5) is 23.1. The quantitative estimate of drug-likeness (QED) is 0.638. The molecule has 0 fully saturated rings. The third-order valence-corrected chi connectivity index (χ3v) is 5.39. The van der Waals surface area contributed by atoms with E-state index in [-0.39, 0.29) is 22.4 Å². The molecule has 7 nitrogen and oxygen atoms in total. The van der Waals surface area contributed by atoms with Crippen molar-refractivity contribution in [1.82, 2.24) is 10.0 Å². The minimum absolute atomic E-state index is 0.103. The fourth-order valence-corrected chi connectivity index (χ4v) is 3.65. The average Bonchev–Trinajstić information content (AvgIpc) is 2.61. The van der Waals surface area contributed by atoms with E-state index in [0.29, 0.717) is 18.5 Å². The van der Waals surface area contributed by atoms with Gasteiger partial charge in [-0.2, -0.15) is 0 Å². The maximum absolute atomic E-state index is 12.2. The molecule has 0 saturated carbocycles. The van der Waals surface area contributed by atoms with Gasteiger partial charge in [0.2, 0.25) is 10.0 Å². The second-order valence-corrected chi connectivity index (χ2v) is 8.02. The van der Waals surface area contributed by atoms with Gasteiger partial charge >= 0.3 is 5.97 Å². The number of aromatic carboxylic acids is 1. The SMILES string of the molecule is CC(C)NS(=O)(=O)c1ccc(C(=O)NCCc2ccc(C(=O)O)cc2)cc1. The van der Waals surface area contributed by atoms with Crippen molar-refractivity contribution in [3.8, 4) is 0 Å². The molecular formula is C19H22N2O5S. The second kappa shape index (κ2) is 8.79. The molecule has 0 bridgehead atoms. The molecule has 1 amide bonds. The van der Waals surface area contributed by atoms with E-state index in [1.807, 2.05) is 0 Å². The minimum atomic E-state index is -3.59. The molecule has 2 aromatic rings. The molecule has 0 atom stereocenters. The van der Waals surface area contributed by atoms with Gasteiger partial charge in [-0.25, -0.2) is 17.9 Å². The number of benzene rings is 2. The van der Waals surface area contributed by atoms with Crippen molar-refractivity contribution in [1.29, 1.82) is 0 Å². The molecule has 3 N–H and O–H groups in total. The molecule has 2 aromatic carbocycles. The van der Waals surface area contributed by atoms with E-state index in [2.05, 4.69) is 10.0 Å². The number of carboxylic acid groups (broad SMARTS) is 1. The van der Waals surface area contributed by atoms with Crippen LogP contribution in [0.5, 0.6) is 0 Å². The fraction of sp³-hybridized carbons (Fsp3) is 0.263. The van der Waals surface area contributed by atoms with Crippen LogP contribution in [0.25, 0.3) is 0 Å². The maximum Gasteiger partial charge on any atom is 0.335 e. The third-order valence-electron chi connectivity index (χ3n) is 3.72. The minimum Gasteiger partial charge on any atom is -0.478 e. The Morgan fingerprint density at radius 1 is 0.963 bits per heavy atom. The highest BCUT2D eigenvalue weighted by atomic mass is 32.2. The summed E-state index contributed by atoms with van der Waals surface area (Å²) >= 11 is 0. The van der Waals surface area contributed by atoms with Gasteiger partial charge in [-0.1, -0.05) is 12.1 Å². The Labute approximate surface area is 158 Å². The van der Waals surface area contributed by atoms with Gasteiger partial charge in [0, 0.05) is 18.2 Å². The molecule has 0 aromatic heterocycles. The van der Waals surface area contributed by atoms with E-state index in [1.54, 1.807) is 26.0 Å². The van der Waals surface area contributed by atoms with Crippen LogP contribution in [0.3, 0.4) is 0 Å². The van der Waals surface area contributed by atoms with Crippen molar-refractivity contribution >= 4 is 21.9 Å². The molecule has 0 radical (unpaired) electrons. The predicted molar refractivity (Wildman–Crippen MR) is 101 cm³/mol. The van der Waals surface area contributed by atoms with E-state index in [0.717, 1.165) is 5.56 Å². The standard InChI is InChI=1S/C19H22N2O5S/c1-13(2)21-27(25,26)17-9-7-15(8-10-17)18(22)20-12-11-14-3-5-16(6-4-14)19(23)24/h3-10,13,21H,11-12H2,1-2H3,(H,20,22)(H,23,24). The number of hydrogen-bond acceptors (Lipinski definition) is 4. The van der Waals surface area contributed by atoms with Gasteiger partial charge < -0.3 is 10.4 Å². The van der Waals surface area contributed by atoms with Crippen molar-refractivity contribution in [2.45, 2.75) is 31.2 Å². The Hall–Kier alpha value is -2.71. The lowest BCUT2D eigenvalue weighted by molar-refractivity contribution is 0.0696. The largest absolute Gasteiger partial charge is 0.478 e. The van der Waals surface area contributed by atoms with Crippen LogP contribution in [0, 0.1) is 0 Å². The van der Waals surface area contributed by atoms with Crippen LogP contribution in [-0.2, 0) is 16.4 Å². The van der Waals surface area contributed by atoms with Gasteiger partial charge in [-0.05, 0) is 62.2 Å². The summed E-state index contributed by atoms with van der Waals surface area (Å²) in [5.41, 5.74) is 1.48. The Balaban J connectivity index is 1.91. The van der Waals surface area contributed by atoms with E-state index in [1.165, 1.54) is 36.4 Å². The normalized spacial score (nSPS) is 11.4. The van der Waals surface area contributed by atoms with Crippen LogP contribution >= 0.6 is 0 Å². The van der Waals surface area contributed by atoms with Gasteiger partial charge in [-0.3, -0.25) is 4.79 Å². The van der Waals surface area contributed by atoms with Crippen molar-refractivity contribution in [3.05, 3.63) is 65.2 Å². The zero-order valence-electron chi connectivity index (χ0n) is 15.1.